The highest BCUT2D eigenvalue weighted by molar-refractivity contribution is 8.13. The van der Waals surface area contributed by atoms with Crippen LogP contribution in [0.5, 0.6) is 0 Å². The molecule has 0 spiro atoms. The standard InChI is InChI=1S/C18H25N3O2S/c1-7-23-17(22)15-12(2)21(5)18(24-6)19-16(15)13-8-10-14(11-9-13)20(3)4/h8-11,16H,7H2,1-6H3/t16-/m1/s1. The third-order valence-electron chi connectivity index (χ3n) is 4.10. The number of thioether (sulfide) groups is 1. The highest BCUT2D eigenvalue weighted by Crippen LogP contribution is 2.36. The smallest absolute Gasteiger partial charge is 0.338 e. The number of esters is 1. The zero-order valence-electron chi connectivity index (χ0n) is 15.2. The quantitative estimate of drug-likeness (QED) is 0.782. The number of allylic oxidation sites excluding steroid dienone is 1. The van der Waals surface area contributed by atoms with E-state index in [-0.39, 0.29) is 12.0 Å². The Morgan fingerprint density at radius 1 is 1.33 bits per heavy atom. The van der Waals surface area contributed by atoms with Gasteiger partial charge in [-0.25, -0.2) is 9.79 Å². The molecule has 2 rings (SSSR count). The molecule has 24 heavy (non-hydrogen) atoms. The molecular formula is C18H25N3O2S. The molecule has 0 radical (unpaired) electrons. The number of carbonyl (C=O) groups is 1. The van der Waals surface area contributed by atoms with E-state index in [1.807, 2.05) is 75.3 Å². The zero-order valence-corrected chi connectivity index (χ0v) is 16.0. The lowest BCUT2D eigenvalue weighted by molar-refractivity contribution is -0.139. The van der Waals surface area contributed by atoms with Crippen molar-refractivity contribution in [3.05, 3.63) is 41.1 Å². The van der Waals surface area contributed by atoms with Crippen molar-refractivity contribution >= 4 is 28.6 Å². The molecule has 5 nitrogen and oxygen atoms in total. The molecule has 1 aliphatic heterocycles. The second-order valence-electron chi connectivity index (χ2n) is 5.78. The van der Waals surface area contributed by atoms with E-state index in [0.717, 1.165) is 22.1 Å². The molecule has 0 bridgehead atoms. The summed E-state index contributed by atoms with van der Waals surface area (Å²) in [5.74, 6) is -0.299. The molecule has 0 aliphatic carbocycles. The Labute approximate surface area is 148 Å². The largest absolute Gasteiger partial charge is 0.463 e. The lowest BCUT2D eigenvalue weighted by Crippen LogP contribution is -2.32. The summed E-state index contributed by atoms with van der Waals surface area (Å²) < 4.78 is 5.27. The molecule has 0 N–H and O–H groups in total. The minimum absolute atomic E-state index is 0.299. The van der Waals surface area contributed by atoms with Gasteiger partial charge in [0.15, 0.2) is 5.17 Å². The maximum atomic E-state index is 12.5. The van der Waals surface area contributed by atoms with Crippen LogP contribution in [-0.2, 0) is 9.53 Å². The van der Waals surface area contributed by atoms with Gasteiger partial charge in [-0.15, -0.1) is 0 Å². The molecular weight excluding hydrogens is 322 g/mol. The number of ether oxygens (including phenoxy) is 1. The number of hydrogen-bond donors (Lipinski definition) is 0. The van der Waals surface area contributed by atoms with Gasteiger partial charge in [-0.05, 0) is 37.8 Å². The first kappa shape index (κ1) is 18.4. The highest BCUT2D eigenvalue weighted by atomic mass is 32.2. The highest BCUT2D eigenvalue weighted by Gasteiger charge is 2.32. The Hall–Kier alpha value is -1.95. The first-order valence-corrected chi connectivity index (χ1v) is 9.13. The van der Waals surface area contributed by atoms with Gasteiger partial charge in [-0.3, -0.25) is 0 Å². The molecule has 1 atom stereocenters. The SMILES string of the molecule is CCOC(=O)C1=C(C)N(C)C(SC)=N[C@@H]1c1ccc(N(C)C)cc1. The Morgan fingerprint density at radius 2 is 1.96 bits per heavy atom. The fourth-order valence-electron chi connectivity index (χ4n) is 2.64. The van der Waals surface area contributed by atoms with Crippen molar-refractivity contribution in [2.24, 2.45) is 4.99 Å². The lowest BCUT2D eigenvalue weighted by Gasteiger charge is -2.31. The molecule has 0 amide bonds. The van der Waals surface area contributed by atoms with Crippen LogP contribution >= 0.6 is 11.8 Å². The molecule has 0 saturated carbocycles. The number of anilines is 1. The average Bonchev–Trinajstić information content (AvgIpc) is 2.57. The van der Waals surface area contributed by atoms with E-state index in [2.05, 4.69) is 0 Å². The molecule has 1 aromatic carbocycles. The van der Waals surface area contributed by atoms with Crippen molar-refractivity contribution in [3.8, 4) is 0 Å². The zero-order chi connectivity index (χ0) is 17.9. The van der Waals surface area contributed by atoms with Crippen molar-refractivity contribution < 1.29 is 9.53 Å². The van der Waals surface area contributed by atoms with Crippen LogP contribution in [0.25, 0.3) is 0 Å². The molecule has 1 aliphatic rings. The van der Waals surface area contributed by atoms with Crippen LogP contribution in [-0.4, -0.2) is 50.0 Å². The number of nitrogens with zero attached hydrogens (tertiary/aromatic N) is 3. The fraction of sp³-hybridized carbons (Fsp3) is 0.444. The summed E-state index contributed by atoms with van der Waals surface area (Å²) in [5.41, 5.74) is 3.59. The first-order valence-electron chi connectivity index (χ1n) is 7.91. The number of carbonyl (C=O) groups excluding carboxylic acids is 1. The predicted molar refractivity (Wildman–Crippen MR) is 102 cm³/mol. The summed E-state index contributed by atoms with van der Waals surface area (Å²) in [6, 6.07) is 7.80. The van der Waals surface area contributed by atoms with Crippen molar-refractivity contribution in [2.75, 3.05) is 38.9 Å². The molecule has 6 heteroatoms. The third kappa shape index (κ3) is 3.59. The first-order chi connectivity index (χ1) is 11.4. The van der Waals surface area contributed by atoms with E-state index in [1.165, 1.54) is 0 Å². The van der Waals surface area contributed by atoms with E-state index in [9.17, 15) is 4.79 Å². The minimum Gasteiger partial charge on any atom is -0.463 e. The average molecular weight is 347 g/mol. The van der Waals surface area contributed by atoms with Crippen molar-refractivity contribution in [1.82, 2.24) is 4.90 Å². The van der Waals surface area contributed by atoms with Crippen LogP contribution in [0.2, 0.25) is 0 Å². The van der Waals surface area contributed by atoms with Crippen molar-refractivity contribution in [2.45, 2.75) is 19.9 Å². The van der Waals surface area contributed by atoms with Gasteiger partial charge in [-0.1, -0.05) is 23.9 Å². The summed E-state index contributed by atoms with van der Waals surface area (Å²) in [4.78, 5) is 21.3. The molecule has 1 heterocycles. The minimum atomic E-state index is -0.334. The molecule has 130 valence electrons. The summed E-state index contributed by atoms with van der Waals surface area (Å²) in [5, 5.41) is 0.891. The maximum absolute atomic E-state index is 12.5. The van der Waals surface area contributed by atoms with Crippen LogP contribution in [0.15, 0.2) is 40.5 Å². The normalized spacial score (nSPS) is 17.7. The van der Waals surface area contributed by atoms with Gasteiger partial charge in [-0.2, -0.15) is 0 Å². The lowest BCUT2D eigenvalue weighted by atomic mass is 9.96. The van der Waals surface area contributed by atoms with Gasteiger partial charge in [0, 0.05) is 32.5 Å². The molecule has 1 aromatic rings. The summed E-state index contributed by atoms with van der Waals surface area (Å²) >= 11 is 1.57. The fourth-order valence-corrected chi connectivity index (χ4v) is 3.26. The molecule has 0 saturated heterocycles. The monoisotopic (exact) mass is 347 g/mol. The van der Waals surface area contributed by atoms with Gasteiger partial charge in [0.05, 0.1) is 12.2 Å². The third-order valence-corrected chi connectivity index (χ3v) is 4.84. The second-order valence-corrected chi connectivity index (χ2v) is 6.56. The Bertz CT molecular complexity index is 665. The number of hydrogen-bond acceptors (Lipinski definition) is 6. The van der Waals surface area contributed by atoms with Gasteiger partial charge in [0.1, 0.15) is 6.04 Å². The second kappa shape index (κ2) is 7.75. The number of rotatable bonds is 4. The van der Waals surface area contributed by atoms with Crippen LogP contribution in [0, 0.1) is 0 Å². The van der Waals surface area contributed by atoms with Crippen LogP contribution < -0.4 is 4.90 Å². The van der Waals surface area contributed by atoms with Crippen LogP contribution in [0.1, 0.15) is 25.5 Å². The van der Waals surface area contributed by atoms with Gasteiger partial charge >= 0.3 is 5.97 Å². The van der Waals surface area contributed by atoms with Crippen molar-refractivity contribution in [1.29, 1.82) is 0 Å². The Kier molecular flexibility index (Phi) is 5.94. The molecule has 0 fully saturated rings. The van der Waals surface area contributed by atoms with Gasteiger partial charge in [0.2, 0.25) is 0 Å². The van der Waals surface area contributed by atoms with Crippen molar-refractivity contribution in [3.63, 3.8) is 0 Å². The number of benzene rings is 1. The maximum Gasteiger partial charge on any atom is 0.338 e. The summed E-state index contributed by atoms with van der Waals surface area (Å²) in [6.07, 6.45) is 1.99. The summed E-state index contributed by atoms with van der Waals surface area (Å²) in [6.45, 7) is 4.11. The van der Waals surface area contributed by atoms with E-state index < -0.39 is 0 Å². The molecule has 0 unspecified atom stereocenters. The molecule has 0 aromatic heterocycles. The van der Waals surface area contributed by atoms with E-state index in [4.69, 9.17) is 9.73 Å². The summed E-state index contributed by atoms with van der Waals surface area (Å²) in [7, 11) is 5.93. The number of amidine groups is 1. The van der Waals surface area contributed by atoms with Gasteiger partial charge < -0.3 is 14.5 Å². The van der Waals surface area contributed by atoms with Crippen LogP contribution in [0.3, 0.4) is 0 Å². The van der Waals surface area contributed by atoms with E-state index in [1.54, 1.807) is 11.8 Å². The van der Waals surface area contributed by atoms with E-state index >= 15 is 0 Å². The van der Waals surface area contributed by atoms with Crippen LogP contribution in [0.4, 0.5) is 5.69 Å². The van der Waals surface area contributed by atoms with Gasteiger partial charge in [0.25, 0.3) is 0 Å². The van der Waals surface area contributed by atoms with E-state index in [0.29, 0.717) is 12.2 Å². The topological polar surface area (TPSA) is 45.1 Å². The Morgan fingerprint density at radius 3 is 2.46 bits per heavy atom. The number of aliphatic imine (C=N–C) groups is 1. The Balaban J connectivity index is 2.49. The predicted octanol–water partition coefficient (Wildman–Crippen LogP) is 3.30.